The van der Waals surface area contributed by atoms with E-state index in [1.165, 1.54) is 36.0 Å². The fourth-order valence-corrected chi connectivity index (χ4v) is 3.35. The summed E-state index contributed by atoms with van der Waals surface area (Å²) in [5.74, 6) is 1.19. The van der Waals surface area contributed by atoms with Crippen molar-refractivity contribution >= 4 is 23.4 Å². The van der Waals surface area contributed by atoms with Crippen molar-refractivity contribution in [2.24, 2.45) is 0 Å². The smallest absolute Gasteiger partial charge is 0.234 e. The summed E-state index contributed by atoms with van der Waals surface area (Å²) >= 11 is 1.32. The molecule has 2 aromatic heterocycles. The summed E-state index contributed by atoms with van der Waals surface area (Å²) in [7, 11) is 0. The van der Waals surface area contributed by atoms with Crippen LogP contribution in [0.2, 0.25) is 0 Å². The van der Waals surface area contributed by atoms with Crippen molar-refractivity contribution in [3.63, 3.8) is 0 Å². The fraction of sp³-hybridized carbons (Fsp3) is 0.316. The number of nitrogens with zero attached hydrogens (tertiary/aromatic N) is 3. The van der Waals surface area contributed by atoms with Gasteiger partial charge in [-0.15, -0.1) is 10.2 Å². The maximum atomic E-state index is 12.9. The minimum absolute atomic E-state index is 0.183. The van der Waals surface area contributed by atoms with E-state index in [-0.39, 0.29) is 17.5 Å². The van der Waals surface area contributed by atoms with Crippen LogP contribution in [0.15, 0.2) is 46.2 Å². The van der Waals surface area contributed by atoms with Gasteiger partial charge in [-0.1, -0.05) is 25.1 Å². The van der Waals surface area contributed by atoms with Gasteiger partial charge in [0.05, 0.1) is 17.6 Å². The first kappa shape index (κ1) is 19.2. The number of aromatic nitrogens is 3. The van der Waals surface area contributed by atoms with E-state index in [2.05, 4.69) is 22.4 Å². The predicted octanol–water partition coefficient (Wildman–Crippen LogP) is 4.52. The van der Waals surface area contributed by atoms with Crippen LogP contribution >= 0.6 is 11.8 Å². The Labute approximate surface area is 161 Å². The number of rotatable bonds is 8. The summed E-state index contributed by atoms with van der Waals surface area (Å²) in [5.41, 5.74) is 1.46. The Bertz CT molecular complexity index is 905. The molecular formula is C19H21FN4O2S. The normalized spacial score (nSPS) is 10.9. The Balaban J connectivity index is 1.70. The SMILES string of the molecule is CCCCn1c(SCC(=O)Nc2ccc(F)cc2)nnc1-c1ccoc1C. The molecule has 1 aromatic carbocycles. The lowest BCUT2D eigenvalue weighted by Gasteiger charge is -2.09. The number of anilines is 1. The van der Waals surface area contributed by atoms with Gasteiger partial charge in [-0.25, -0.2) is 4.39 Å². The third kappa shape index (κ3) is 4.77. The molecule has 1 N–H and O–H groups in total. The number of hydrogen-bond acceptors (Lipinski definition) is 5. The average molecular weight is 388 g/mol. The number of amides is 1. The number of aryl methyl sites for hydroxylation is 1. The third-order valence-corrected chi connectivity index (χ3v) is 4.98. The summed E-state index contributed by atoms with van der Waals surface area (Å²) in [6.45, 7) is 4.78. The van der Waals surface area contributed by atoms with Gasteiger partial charge >= 0.3 is 0 Å². The second kappa shape index (κ2) is 8.85. The predicted molar refractivity (Wildman–Crippen MR) is 103 cm³/mol. The summed E-state index contributed by atoms with van der Waals surface area (Å²) in [5, 5.41) is 12.0. The zero-order valence-electron chi connectivity index (χ0n) is 15.2. The number of thioether (sulfide) groups is 1. The quantitative estimate of drug-likeness (QED) is 0.575. The van der Waals surface area contributed by atoms with Crippen molar-refractivity contribution in [3.8, 4) is 11.4 Å². The number of benzene rings is 1. The topological polar surface area (TPSA) is 73.0 Å². The van der Waals surface area contributed by atoms with E-state index in [0.717, 1.165) is 36.5 Å². The molecule has 0 unspecified atom stereocenters. The molecule has 0 aliphatic heterocycles. The molecule has 0 saturated heterocycles. The fourth-order valence-electron chi connectivity index (χ4n) is 2.59. The van der Waals surface area contributed by atoms with Gasteiger partial charge < -0.3 is 14.3 Å². The molecule has 2 heterocycles. The first-order valence-corrected chi connectivity index (χ1v) is 9.73. The standard InChI is InChI=1S/C19H21FN4O2S/c1-3-4-10-24-18(16-9-11-26-13(16)2)22-23-19(24)27-12-17(25)21-15-7-5-14(20)6-8-15/h5-9,11H,3-4,10,12H2,1-2H3,(H,21,25). The van der Waals surface area contributed by atoms with E-state index >= 15 is 0 Å². The van der Waals surface area contributed by atoms with E-state index < -0.39 is 0 Å². The first-order chi connectivity index (χ1) is 13.1. The Morgan fingerprint density at radius 1 is 1.26 bits per heavy atom. The van der Waals surface area contributed by atoms with Crippen molar-refractivity contribution in [1.29, 1.82) is 0 Å². The van der Waals surface area contributed by atoms with Gasteiger partial charge in [-0.05, 0) is 43.7 Å². The zero-order valence-corrected chi connectivity index (χ0v) is 16.1. The number of halogens is 1. The minimum atomic E-state index is -0.339. The summed E-state index contributed by atoms with van der Waals surface area (Å²) in [4.78, 5) is 12.2. The molecule has 1 amide bonds. The Kier molecular flexibility index (Phi) is 6.28. The van der Waals surface area contributed by atoms with Crippen LogP contribution in [0.1, 0.15) is 25.5 Å². The van der Waals surface area contributed by atoms with E-state index in [1.807, 2.05) is 17.6 Å². The number of nitrogens with one attached hydrogen (secondary N) is 1. The van der Waals surface area contributed by atoms with Gasteiger partial charge in [-0.3, -0.25) is 4.79 Å². The Hall–Kier alpha value is -2.61. The number of carbonyl (C=O) groups is 1. The zero-order chi connectivity index (χ0) is 19.2. The van der Waals surface area contributed by atoms with Crippen LogP contribution in [0.3, 0.4) is 0 Å². The van der Waals surface area contributed by atoms with Crippen LogP contribution in [0.4, 0.5) is 10.1 Å². The van der Waals surface area contributed by atoms with Gasteiger partial charge in [0.15, 0.2) is 11.0 Å². The molecule has 0 fully saturated rings. The van der Waals surface area contributed by atoms with Gasteiger partial charge in [0.25, 0.3) is 0 Å². The molecule has 0 bridgehead atoms. The molecule has 0 saturated carbocycles. The second-order valence-corrected chi connectivity index (χ2v) is 6.99. The minimum Gasteiger partial charge on any atom is -0.469 e. The summed E-state index contributed by atoms with van der Waals surface area (Å²) in [6, 6.07) is 7.55. The van der Waals surface area contributed by atoms with E-state index in [1.54, 1.807) is 6.26 Å². The number of unbranched alkanes of at least 4 members (excludes halogenated alkanes) is 1. The van der Waals surface area contributed by atoms with Crippen molar-refractivity contribution in [2.45, 2.75) is 38.4 Å². The van der Waals surface area contributed by atoms with Crippen LogP contribution in [0.5, 0.6) is 0 Å². The van der Waals surface area contributed by atoms with Gasteiger partial charge in [0.1, 0.15) is 11.6 Å². The van der Waals surface area contributed by atoms with Crippen molar-refractivity contribution in [3.05, 3.63) is 48.2 Å². The molecule has 0 aliphatic carbocycles. The molecular weight excluding hydrogens is 367 g/mol. The van der Waals surface area contributed by atoms with Crippen LogP contribution < -0.4 is 5.32 Å². The van der Waals surface area contributed by atoms with Gasteiger partial charge in [0, 0.05) is 12.2 Å². The van der Waals surface area contributed by atoms with Crippen molar-refractivity contribution in [1.82, 2.24) is 14.8 Å². The molecule has 6 nitrogen and oxygen atoms in total. The molecule has 3 aromatic rings. The average Bonchev–Trinajstić information content (AvgIpc) is 3.25. The molecule has 0 atom stereocenters. The maximum Gasteiger partial charge on any atom is 0.234 e. The van der Waals surface area contributed by atoms with Gasteiger partial charge in [0.2, 0.25) is 5.91 Å². The highest BCUT2D eigenvalue weighted by Crippen LogP contribution is 2.27. The highest BCUT2D eigenvalue weighted by molar-refractivity contribution is 7.99. The van der Waals surface area contributed by atoms with Crippen molar-refractivity contribution < 1.29 is 13.6 Å². The monoisotopic (exact) mass is 388 g/mol. The first-order valence-electron chi connectivity index (χ1n) is 8.74. The largest absolute Gasteiger partial charge is 0.469 e. The lowest BCUT2D eigenvalue weighted by atomic mass is 10.2. The molecule has 8 heteroatoms. The molecule has 27 heavy (non-hydrogen) atoms. The van der Waals surface area contributed by atoms with Gasteiger partial charge in [-0.2, -0.15) is 0 Å². The summed E-state index contributed by atoms with van der Waals surface area (Å²) < 4.78 is 20.4. The highest BCUT2D eigenvalue weighted by atomic mass is 32.2. The van der Waals surface area contributed by atoms with Crippen LogP contribution in [-0.2, 0) is 11.3 Å². The second-order valence-electron chi connectivity index (χ2n) is 6.05. The van der Waals surface area contributed by atoms with Crippen LogP contribution in [-0.4, -0.2) is 26.4 Å². The lowest BCUT2D eigenvalue weighted by molar-refractivity contribution is -0.113. The molecule has 3 rings (SSSR count). The molecule has 0 spiro atoms. The lowest BCUT2D eigenvalue weighted by Crippen LogP contribution is -2.14. The van der Waals surface area contributed by atoms with Crippen LogP contribution in [0, 0.1) is 12.7 Å². The summed E-state index contributed by atoms with van der Waals surface area (Å²) in [6.07, 6.45) is 3.65. The van der Waals surface area contributed by atoms with E-state index in [4.69, 9.17) is 4.42 Å². The van der Waals surface area contributed by atoms with Crippen molar-refractivity contribution in [2.75, 3.05) is 11.1 Å². The third-order valence-electron chi connectivity index (χ3n) is 4.01. The Morgan fingerprint density at radius 2 is 2.04 bits per heavy atom. The Morgan fingerprint density at radius 3 is 2.70 bits per heavy atom. The molecule has 0 aliphatic rings. The van der Waals surface area contributed by atoms with E-state index in [0.29, 0.717) is 10.8 Å². The molecule has 0 radical (unpaired) electrons. The maximum absolute atomic E-state index is 12.9. The number of carbonyl (C=O) groups excluding carboxylic acids is 1. The number of hydrogen-bond donors (Lipinski definition) is 1. The van der Waals surface area contributed by atoms with E-state index in [9.17, 15) is 9.18 Å². The molecule has 142 valence electrons. The van der Waals surface area contributed by atoms with Crippen LogP contribution in [0.25, 0.3) is 11.4 Å². The number of furan rings is 1. The highest BCUT2D eigenvalue weighted by Gasteiger charge is 2.18.